The largest absolute Gasteiger partial charge is 0.378 e. The molecule has 33 heavy (non-hydrogen) atoms. The van der Waals surface area contributed by atoms with E-state index in [-0.39, 0.29) is 22.8 Å². The minimum absolute atomic E-state index is 0.0270. The van der Waals surface area contributed by atoms with E-state index in [1.807, 2.05) is 4.90 Å². The molecule has 0 atom stereocenters. The van der Waals surface area contributed by atoms with Crippen molar-refractivity contribution >= 4 is 34.7 Å². The van der Waals surface area contributed by atoms with Gasteiger partial charge in [0.05, 0.1) is 36.9 Å². The van der Waals surface area contributed by atoms with Crippen LogP contribution in [0, 0.1) is 10.1 Å². The molecule has 0 spiro atoms. The predicted octanol–water partition coefficient (Wildman–Crippen LogP) is 2.73. The molecular formula is C24H23N3O6. The summed E-state index contributed by atoms with van der Waals surface area (Å²) in [5, 5.41) is 12.0. The number of nitrogens with zero attached hydrogens (tertiary/aromatic N) is 3. The van der Waals surface area contributed by atoms with E-state index in [1.54, 1.807) is 30.3 Å². The molecule has 5 rings (SSSR count). The molecular weight excluding hydrogens is 426 g/mol. The van der Waals surface area contributed by atoms with Crippen molar-refractivity contribution in [1.82, 2.24) is 0 Å². The molecule has 9 nitrogen and oxygen atoms in total. The minimum atomic E-state index is -0.414. The molecule has 2 aromatic rings. The molecule has 170 valence electrons. The van der Waals surface area contributed by atoms with Gasteiger partial charge in [0.15, 0.2) is 11.6 Å². The van der Waals surface area contributed by atoms with Crippen LogP contribution in [0.4, 0.5) is 17.1 Å². The number of hydrogen-bond acceptors (Lipinski definition) is 8. The molecule has 0 N–H and O–H groups in total. The number of morpholine rings is 2. The van der Waals surface area contributed by atoms with Crippen molar-refractivity contribution in [2.45, 2.75) is 0 Å². The summed E-state index contributed by atoms with van der Waals surface area (Å²) in [5.74, 6) is -0.716. The van der Waals surface area contributed by atoms with Gasteiger partial charge in [-0.15, -0.1) is 0 Å². The zero-order valence-corrected chi connectivity index (χ0v) is 18.0. The Morgan fingerprint density at radius 3 is 1.85 bits per heavy atom. The first kappa shape index (κ1) is 21.3. The van der Waals surface area contributed by atoms with Gasteiger partial charge in [0.25, 0.3) is 5.69 Å². The van der Waals surface area contributed by atoms with E-state index in [0.29, 0.717) is 75.0 Å². The number of nitro groups is 1. The smallest absolute Gasteiger partial charge is 0.293 e. The second-order valence-electron chi connectivity index (χ2n) is 8.12. The summed E-state index contributed by atoms with van der Waals surface area (Å²) in [5.41, 5.74) is 2.43. The van der Waals surface area contributed by atoms with Crippen molar-refractivity contribution in [3.05, 3.63) is 68.8 Å². The first-order valence-corrected chi connectivity index (χ1v) is 10.9. The highest BCUT2D eigenvalue weighted by Gasteiger charge is 2.34. The third kappa shape index (κ3) is 3.90. The molecule has 2 aliphatic heterocycles. The highest BCUT2D eigenvalue weighted by Crippen LogP contribution is 2.39. The standard InChI is InChI=1S/C24H23N3O6/c28-23-17-3-1-2-4-18(17)24(29)19(23)13-16-14-22(27(30)31)21(26-7-11-33-12-8-26)15-20(16)25-5-9-32-10-6-25/h1-4,13-15H,5-12H2. The van der Waals surface area contributed by atoms with Crippen LogP contribution in [0.25, 0.3) is 6.08 Å². The Hall–Kier alpha value is -3.56. The van der Waals surface area contributed by atoms with E-state index in [9.17, 15) is 19.7 Å². The van der Waals surface area contributed by atoms with E-state index in [2.05, 4.69) is 4.90 Å². The summed E-state index contributed by atoms with van der Waals surface area (Å²) in [6.07, 6.45) is 1.51. The summed E-state index contributed by atoms with van der Waals surface area (Å²) in [7, 11) is 0. The lowest BCUT2D eigenvalue weighted by Gasteiger charge is -2.33. The van der Waals surface area contributed by atoms with Crippen LogP contribution >= 0.6 is 0 Å². The van der Waals surface area contributed by atoms with Crippen LogP contribution in [-0.2, 0) is 9.47 Å². The van der Waals surface area contributed by atoms with Gasteiger partial charge in [-0.3, -0.25) is 19.7 Å². The number of allylic oxidation sites excluding steroid dienone is 1. The highest BCUT2D eigenvalue weighted by molar-refractivity contribution is 6.41. The zero-order valence-electron chi connectivity index (χ0n) is 18.0. The number of ether oxygens (including phenoxy) is 2. The monoisotopic (exact) mass is 449 g/mol. The molecule has 2 heterocycles. The fraction of sp³-hybridized carbons (Fsp3) is 0.333. The van der Waals surface area contributed by atoms with Crippen molar-refractivity contribution in [3.8, 4) is 0 Å². The molecule has 9 heteroatoms. The van der Waals surface area contributed by atoms with Gasteiger partial charge in [0.2, 0.25) is 0 Å². The Balaban J connectivity index is 1.65. The van der Waals surface area contributed by atoms with Crippen molar-refractivity contribution in [2.24, 2.45) is 0 Å². The van der Waals surface area contributed by atoms with Crippen LogP contribution in [0.2, 0.25) is 0 Å². The summed E-state index contributed by atoms with van der Waals surface area (Å²) < 4.78 is 10.9. The number of nitro benzene ring substituents is 1. The number of fused-ring (bicyclic) bond motifs is 1. The third-order valence-electron chi connectivity index (χ3n) is 6.23. The predicted molar refractivity (Wildman–Crippen MR) is 122 cm³/mol. The summed E-state index contributed by atoms with van der Waals surface area (Å²) in [6, 6.07) is 9.97. The van der Waals surface area contributed by atoms with Crippen LogP contribution in [0.3, 0.4) is 0 Å². The number of anilines is 2. The Morgan fingerprint density at radius 2 is 1.33 bits per heavy atom. The van der Waals surface area contributed by atoms with E-state index >= 15 is 0 Å². The van der Waals surface area contributed by atoms with E-state index in [1.165, 1.54) is 12.1 Å². The summed E-state index contributed by atoms with van der Waals surface area (Å²) in [6.45, 7) is 4.38. The first-order chi connectivity index (χ1) is 16.0. The van der Waals surface area contributed by atoms with Gasteiger partial charge in [-0.05, 0) is 12.1 Å². The van der Waals surface area contributed by atoms with E-state index in [0.717, 1.165) is 5.69 Å². The number of hydrogen-bond donors (Lipinski definition) is 0. The van der Waals surface area contributed by atoms with Crippen LogP contribution < -0.4 is 9.80 Å². The molecule has 0 saturated carbocycles. The van der Waals surface area contributed by atoms with Crippen LogP contribution in [-0.4, -0.2) is 69.1 Å². The Kier molecular flexibility index (Phi) is 5.65. The topological polar surface area (TPSA) is 102 Å². The summed E-state index contributed by atoms with van der Waals surface area (Å²) in [4.78, 5) is 41.5. The number of benzene rings is 2. The first-order valence-electron chi connectivity index (χ1n) is 10.9. The average molecular weight is 449 g/mol. The van der Waals surface area contributed by atoms with Crippen LogP contribution in [0.1, 0.15) is 26.3 Å². The van der Waals surface area contributed by atoms with Crippen molar-refractivity contribution in [2.75, 3.05) is 62.4 Å². The van der Waals surface area contributed by atoms with Crippen molar-refractivity contribution in [3.63, 3.8) is 0 Å². The quantitative estimate of drug-likeness (QED) is 0.304. The number of carbonyl (C=O) groups is 2. The molecule has 0 radical (unpaired) electrons. The Bertz CT molecular complexity index is 1130. The Morgan fingerprint density at radius 1 is 0.818 bits per heavy atom. The second-order valence-corrected chi connectivity index (χ2v) is 8.12. The zero-order chi connectivity index (χ0) is 22.9. The lowest BCUT2D eigenvalue weighted by Crippen LogP contribution is -2.38. The maximum atomic E-state index is 13.0. The molecule has 0 bridgehead atoms. The lowest BCUT2D eigenvalue weighted by molar-refractivity contribution is -0.384. The van der Waals surface area contributed by atoms with Crippen LogP contribution in [0.5, 0.6) is 0 Å². The Labute approximate surface area is 190 Å². The number of Topliss-reactive ketones (excluding diaryl/α,β-unsaturated/α-hetero) is 2. The fourth-order valence-corrected chi connectivity index (χ4v) is 4.54. The highest BCUT2D eigenvalue weighted by atomic mass is 16.6. The van der Waals surface area contributed by atoms with Gasteiger partial charge in [0.1, 0.15) is 5.69 Å². The minimum Gasteiger partial charge on any atom is -0.378 e. The number of ketones is 2. The molecule has 2 aromatic carbocycles. The van der Waals surface area contributed by atoms with E-state index < -0.39 is 4.92 Å². The van der Waals surface area contributed by atoms with Gasteiger partial charge in [0, 0.05) is 54.6 Å². The molecule has 0 amide bonds. The molecule has 0 aromatic heterocycles. The van der Waals surface area contributed by atoms with E-state index in [4.69, 9.17) is 9.47 Å². The number of rotatable bonds is 4. The number of carbonyl (C=O) groups excluding carboxylic acids is 2. The maximum Gasteiger partial charge on any atom is 0.293 e. The second kappa shape index (κ2) is 8.76. The SMILES string of the molecule is O=C1C(=Cc2cc([N+](=O)[O-])c(N3CCOCC3)cc2N2CCOCC2)C(=O)c2ccccc21. The van der Waals surface area contributed by atoms with Crippen molar-refractivity contribution < 1.29 is 24.0 Å². The molecule has 3 aliphatic rings. The molecule has 0 unspecified atom stereocenters. The normalized spacial score (nSPS) is 18.5. The molecule has 1 aliphatic carbocycles. The van der Waals surface area contributed by atoms with Gasteiger partial charge in [-0.2, -0.15) is 0 Å². The molecule has 2 fully saturated rings. The van der Waals surface area contributed by atoms with Gasteiger partial charge in [-0.25, -0.2) is 0 Å². The lowest BCUT2D eigenvalue weighted by atomic mass is 10.0. The third-order valence-corrected chi connectivity index (χ3v) is 6.23. The van der Waals surface area contributed by atoms with Gasteiger partial charge >= 0.3 is 0 Å². The van der Waals surface area contributed by atoms with Crippen molar-refractivity contribution in [1.29, 1.82) is 0 Å². The van der Waals surface area contributed by atoms with Crippen LogP contribution in [0.15, 0.2) is 42.0 Å². The average Bonchev–Trinajstić information content (AvgIpc) is 3.10. The van der Waals surface area contributed by atoms with Gasteiger partial charge < -0.3 is 19.3 Å². The maximum absolute atomic E-state index is 13.0. The summed E-state index contributed by atoms with van der Waals surface area (Å²) >= 11 is 0. The fourth-order valence-electron chi connectivity index (χ4n) is 4.54. The van der Waals surface area contributed by atoms with Gasteiger partial charge in [-0.1, -0.05) is 24.3 Å². The molecule has 2 saturated heterocycles.